The number of hydrogen-bond acceptors (Lipinski definition) is 8. The predicted molar refractivity (Wildman–Crippen MR) is 219 cm³/mol. The number of carbonyl (C=O) groups is 2. The lowest BCUT2D eigenvalue weighted by Gasteiger charge is -2.19. The average molecular weight is 764 g/mol. The van der Waals surface area contributed by atoms with Gasteiger partial charge in [-0.3, -0.25) is 18.6 Å². The minimum absolute atomic E-state index is 0.0404. The van der Waals surface area contributed by atoms with Crippen LogP contribution in [0.1, 0.15) is 155 Å². The van der Waals surface area contributed by atoms with Crippen LogP contribution in [-0.4, -0.2) is 49.3 Å². The monoisotopic (exact) mass is 764 g/mol. The van der Waals surface area contributed by atoms with Crippen molar-refractivity contribution in [2.24, 2.45) is 5.73 Å². The van der Waals surface area contributed by atoms with Crippen LogP contribution in [0.3, 0.4) is 0 Å². The molecule has 0 amide bonds. The van der Waals surface area contributed by atoms with Gasteiger partial charge in [-0.25, -0.2) is 4.57 Å². The van der Waals surface area contributed by atoms with Gasteiger partial charge in [-0.05, 0) is 77.0 Å². The second-order valence-electron chi connectivity index (χ2n) is 13.1. The number of unbranched alkanes of at least 4 members (excludes halogenated alkanes) is 12. The Balaban J connectivity index is 4.31. The number of allylic oxidation sites excluding steroid dienone is 12. The van der Waals surface area contributed by atoms with E-state index >= 15 is 0 Å². The van der Waals surface area contributed by atoms with Gasteiger partial charge in [-0.15, -0.1) is 0 Å². The molecule has 0 aromatic carbocycles. The Hall–Kier alpha value is -2.55. The van der Waals surface area contributed by atoms with Crippen LogP contribution >= 0.6 is 7.82 Å². The third-order valence-electron chi connectivity index (χ3n) is 8.08. The Morgan fingerprint density at radius 2 is 1.06 bits per heavy atom. The van der Waals surface area contributed by atoms with E-state index in [9.17, 15) is 19.0 Å². The van der Waals surface area contributed by atoms with Crippen LogP contribution in [0.4, 0.5) is 0 Å². The van der Waals surface area contributed by atoms with Crippen LogP contribution < -0.4 is 5.73 Å². The van der Waals surface area contributed by atoms with Crippen molar-refractivity contribution in [2.45, 2.75) is 161 Å². The van der Waals surface area contributed by atoms with Crippen LogP contribution in [0.2, 0.25) is 0 Å². The zero-order chi connectivity index (χ0) is 38.9. The van der Waals surface area contributed by atoms with E-state index in [0.717, 1.165) is 64.2 Å². The first-order valence-corrected chi connectivity index (χ1v) is 21.9. The molecule has 2 atom stereocenters. The largest absolute Gasteiger partial charge is 0.472 e. The summed E-state index contributed by atoms with van der Waals surface area (Å²) in [4.78, 5) is 34.8. The standard InChI is InChI=1S/C43H74NO8P/c1-3-5-7-9-11-13-15-17-19-20-22-24-26-28-30-32-34-36-43(46)52-41(40-51-53(47,48)50-38-37-44)39-49-42(45)35-33-31-29-27-25-23-21-18-16-14-12-10-8-6-4-2/h5,7,11,13-14,16-17,19,22,24,28,30,41H,3-4,6,8-10,12,15,18,20-21,23,25-27,29,31-40,44H2,1-2H3,(H,47,48)/b7-5-,13-11-,16-14-,19-17-,24-22-,30-28-/t41-/m1/s1. The van der Waals surface area contributed by atoms with E-state index in [-0.39, 0.29) is 32.6 Å². The molecule has 0 saturated carbocycles. The minimum atomic E-state index is -4.39. The summed E-state index contributed by atoms with van der Waals surface area (Å²) in [6.45, 7) is 3.51. The van der Waals surface area contributed by atoms with Crippen molar-refractivity contribution in [3.05, 3.63) is 72.9 Å². The molecule has 0 radical (unpaired) electrons. The molecule has 1 unspecified atom stereocenters. The van der Waals surface area contributed by atoms with E-state index in [1.165, 1.54) is 51.4 Å². The quantitative estimate of drug-likeness (QED) is 0.0274. The molecule has 53 heavy (non-hydrogen) atoms. The van der Waals surface area contributed by atoms with Crippen molar-refractivity contribution in [2.75, 3.05) is 26.4 Å². The Morgan fingerprint density at radius 1 is 0.585 bits per heavy atom. The van der Waals surface area contributed by atoms with Gasteiger partial charge >= 0.3 is 19.8 Å². The van der Waals surface area contributed by atoms with Crippen molar-refractivity contribution >= 4 is 19.8 Å². The van der Waals surface area contributed by atoms with Gasteiger partial charge in [0.2, 0.25) is 0 Å². The third-order valence-corrected chi connectivity index (χ3v) is 9.06. The van der Waals surface area contributed by atoms with E-state index in [0.29, 0.717) is 12.8 Å². The van der Waals surface area contributed by atoms with Crippen LogP contribution in [0.5, 0.6) is 0 Å². The Morgan fingerprint density at radius 3 is 1.62 bits per heavy atom. The fourth-order valence-corrected chi connectivity index (χ4v) is 5.84. The second kappa shape index (κ2) is 39.2. The maximum absolute atomic E-state index is 12.5. The van der Waals surface area contributed by atoms with Crippen molar-refractivity contribution in [3.8, 4) is 0 Å². The Labute approximate surface area is 322 Å². The highest BCUT2D eigenvalue weighted by Crippen LogP contribution is 2.43. The lowest BCUT2D eigenvalue weighted by atomic mass is 10.1. The van der Waals surface area contributed by atoms with Gasteiger partial charge in [-0.2, -0.15) is 0 Å². The second-order valence-corrected chi connectivity index (χ2v) is 14.6. The number of phosphoric ester groups is 1. The van der Waals surface area contributed by atoms with Gasteiger partial charge in [0, 0.05) is 19.4 Å². The zero-order valence-electron chi connectivity index (χ0n) is 33.2. The number of esters is 2. The molecule has 0 aliphatic carbocycles. The van der Waals surface area contributed by atoms with E-state index in [2.05, 4.69) is 80.7 Å². The summed E-state index contributed by atoms with van der Waals surface area (Å²) in [5.41, 5.74) is 5.33. The number of ether oxygens (including phenoxy) is 2. The molecule has 0 aromatic rings. The molecule has 0 aliphatic rings. The molecule has 0 spiro atoms. The molecular weight excluding hydrogens is 689 g/mol. The molecule has 9 nitrogen and oxygen atoms in total. The number of rotatable bonds is 37. The molecule has 0 bridgehead atoms. The lowest BCUT2D eigenvalue weighted by Crippen LogP contribution is -2.29. The summed E-state index contributed by atoms with van der Waals surface area (Å²) >= 11 is 0. The summed E-state index contributed by atoms with van der Waals surface area (Å²) in [5, 5.41) is 0. The Bertz CT molecular complexity index is 1100. The van der Waals surface area contributed by atoms with Crippen LogP contribution in [-0.2, 0) is 32.7 Å². The summed E-state index contributed by atoms with van der Waals surface area (Å²) in [6.07, 6.45) is 46.5. The molecule has 0 fully saturated rings. The summed E-state index contributed by atoms with van der Waals surface area (Å²) in [7, 11) is -4.39. The first-order chi connectivity index (χ1) is 25.8. The fraction of sp³-hybridized carbons (Fsp3) is 0.674. The number of phosphoric acid groups is 1. The Kier molecular flexibility index (Phi) is 37.3. The third kappa shape index (κ3) is 39.0. The summed E-state index contributed by atoms with van der Waals surface area (Å²) < 4.78 is 32.6. The van der Waals surface area contributed by atoms with Gasteiger partial charge in [0.25, 0.3) is 0 Å². The molecule has 10 heteroatoms. The highest BCUT2D eigenvalue weighted by Gasteiger charge is 2.25. The normalized spacial score (nSPS) is 14.1. The van der Waals surface area contributed by atoms with Crippen molar-refractivity contribution in [3.63, 3.8) is 0 Å². The van der Waals surface area contributed by atoms with Crippen LogP contribution in [0, 0.1) is 0 Å². The molecule has 0 aromatic heterocycles. The SMILES string of the molecule is CC/C=C\C/C=C\C/C=C\C/C=C\C/C=C\CCCC(=O)O[C@H](COC(=O)CCCCCCCCC/C=C\CCCCCC)COP(=O)(O)OCCN. The van der Waals surface area contributed by atoms with Crippen molar-refractivity contribution < 1.29 is 37.6 Å². The highest BCUT2D eigenvalue weighted by atomic mass is 31.2. The van der Waals surface area contributed by atoms with Crippen molar-refractivity contribution in [1.29, 1.82) is 0 Å². The fourth-order valence-electron chi connectivity index (χ4n) is 5.07. The molecule has 0 rings (SSSR count). The number of carbonyl (C=O) groups excluding carboxylic acids is 2. The first kappa shape index (κ1) is 50.5. The van der Waals surface area contributed by atoms with Gasteiger partial charge in [0.1, 0.15) is 6.61 Å². The summed E-state index contributed by atoms with van der Waals surface area (Å²) in [6, 6.07) is 0. The molecule has 0 heterocycles. The number of hydrogen-bond donors (Lipinski definition) is 2. The topological polar surface area (TPSA) is 134 Å². The highest BCUT2D eigenvalue weighted by molar-refractivity contribution is 7.47. The van der Waals surface area contributed by atoms with Gasteiger partial charge in [0.05, 0.1) is 13.2 Å². The maximum atomic E-state index is 12.5. The smallest absolute Gasteiger partial charge is 0.462 e. The van der Waals surface area contributed by atoms with E-state index in [1.54, 1.807) is 0 Å². The van der Waals surface area contributed by atoms with Gasteiger partial charge in [-0.1, -0.05) is 138 Å². The molecule has 0 saturated heterocycles. The van der Waals surface area contributed by atoms with E-state index < -0.39 is 32.5 Å². The number of nitrogens with two attached hydrogens (primary N) is 1. The molecule has 304 valence electrons. The lowest BCUT2D eigenvalue weighted by molar-refractivity contribution is -0.161. The maximum Gasteiger partial charge on any atom is 0.472 e. The molecular formula is C43H74NO8P. The molecule has 0 aliphatic heterocycles. The van der Waals surface area contributed by atoms with Crippen LogP contribution in [0.25, 0.3) is 0 Å². The van der Waals surface area contributed by atoms with E-state index in [1.807, 2.05) is 6.08 Å². The van der Waals surface area contributed by atoms with Gasteiger partial charge in [0.15, 0.2) is 6.10 Å². The molecule has 3 N–H and O–H groups in total. The van der Waals surface area contributed by atoms with Crippen molar-refractivity contribution in [1.82, 2.24) is 0 Å². The predicted octanol–water partition coefficient (Wildman–Crippen LogP) is 11.5. The van der Waals surface area contributed by atoms with E-state index in [4.69, 9.17) is 24.3 Å². The minimum Gasteiger partial charge on any atom is -0.462 e. The van der Waals surface area contributed by atoms with Crippen LogP contribution in [0.15, 0.2) is 72.9 Å². The first-order valence-electron chi connectivity index (χ1n) is 20.4. The van der Waals surface area contributed by atoms with Gasteiger partial charge < -0.3 is 20.1 Å². The zero-order valence-corrected chi connectivity index (χ0v) is 34.1. The average Bonchev–Trinajstić information content (AvgIpc) is 3.14. The summed E-state index contributed by atoms with van der Waals surface area (Å²) in [5.74, 6) is -0.909.